The van der Waals surface area contributed by atoms with Gasteiger partial charge in [0, 0.05) is 19.3 Å². The number of ether oxygens (including phenoxy) is 3. The fraction of sp³-hybridized carbons (Fsp3) is 0.722. The minimum atomic E-state index is -0.793. The third kappa shape index (κ3) is 45.9. The first-order valence-electron chi connectivity index (χ1n) is 24.9. The Bertz CT molecular complexity index is 1140. The van der Waals surface area contributed by atoms with E-state index in [1.54, 1.807) is 0 Å². The summed E-state index contributed by atoms with van der Waals surface area (Å²) in [5, 5.41) is 0. The summed E-state index contributed by atoms with van der Waals surface area (Å²) in [7, 11) is 0. The summed E-state index contributed by atoms with van der Waals surface area (Å²) in [5.41, 5.74) is 0. The van der Waals surface area contributed by atoms with Gasteiger partial charge in [-0.05, 0) is 89.9 Å². The number of carbonyl (C=O) groups is 3. The smallest absolute Gasteiger partial charge is 0.306 e. The molecule has 60 heavy (non-hydrogen) atoms. The Hall–Kier alpha value is -3.15. The topological polar surface area (TPSA) is 78.9 Å². The number of carbonyl (C=O) groups excluding carboxylic acids is 3. The van der Waals surface area contributed by atoms with Crippen molar-refractivity contribution in [2.45, 2.75) is 239 Å². The zero-order chi connectivity index (χ0) is 43.7. The third-order valence-corrected chi connectivity index (χ3v) is 10.4. The van der Waals surface area contributed by atoms with Gasteiger partial charge in [-0.3, -0.25) is 14.4 Å². The van der Waals surface area contributed by atoms with Crippen molar-refractivity contribution >= 4 is 17.9 Å². The molecule has 6 nitrogen and oxygen atoms in total. The van der Waals surface area contributed by atoms with Crippen LogP contribution in [0.4, 0.5) is 0 Å². The van der Waals surface area contributed by atoms with Crippen LogP contribution in [0, 0.1) is 0 Å². The quantitative estimate of drug-likeness (QED) is 0.0263. The first kappa shape index (κ1) is 56.9. The predicted octanol–water partition coefficient (Wildman–Crippen LogP) is 16.3. The van der Waals surface area contributed by atoms with Crippen molar-refractivity contribution < 1.29 is 28.6 Å². The molecule has 0 amide bonds. The van der Waals surface area contributed by atoms with E-state index in [0.29, 0.717) is 19.3 Å². The van der Waals surface area contributed by atoms with Gasteiger partial charge < -0.3 is 14.2 Å². The summed E-state index contributed by atoms with van der Waals surface area (Å²) in [5.74, 6) is -0.936. The van der Waals surface area contributed by atoms with Gasteiger partial charge in [0.2, 0.25) is 0 Å². The van der Waals surface area contributed by atoms with Crippen LogP contribution < -0.4 is 0 Å². The molecule has 6 heteroatoms. The standard InChI is InChI=1S/C54H92O6/c1-4-7-10-13-16-19-22-24-25-26-27-28-29-31-32-35-38-41-44-47-53(56)59-50-51(49-58-52(55)46-43-40-37-34-21-18-15-12-9-6-3)60-54(57)48-45-42-39-36-33-30-23-20-17-14-11-8-5-2/h8,11,16-17,19-20,24-25,27-28,30,33,51H,4-7,9-10,12-15,18,21-23,26,29,31-32,34-50H2,1-3H3/b11-8-,19-16-,20-17-,25-24-,28-27-,33-30-. The molecule has 344 valence electrons. The normalized spacial score (nSPS) is 12.7. The zero-order valence-electron chi connectivity index (χ0n) is 39.2. The average Bonchev–Trinajstić information content (AvgIpc) is 3.24. The lowest BCUT2D eigenvalue weighted by Crippen LogP contribution is -2.30. The highest BCUT2D eigenvalue weighted by atomic mass is 16.6. The van der Waals surface area contributed by atoms with Crippen LogP contribution in [0.3, 0.4) is 0 Å². The SMILES string of the molecule is CC/C=C\C/C=C\C/C=C\CCCCCC(=O)OC(COC(=O)CCCCCCCC/C=C\C/C=C\C/C=C\CCCCC)COC(=O)CCCCCCCCCCCC. The molecular weight excluding hydrogens is 745 g/mol. The van der Waals surface area contributed by atoms with Crippen molar-refractivity contribution in [3.63, 3.8) is 0 Å². The van der Waals surface area contributed by atoms with E-state index in [1.165, 1.54) is 89.9 Å². The Labute approximate surface area is 370 Å². The summed E-state index contributed by atoms with van der Waals surface area (Å²) in [4.78, 5) is 37.8. The second-order valence-electron chi connectivity index (χ2n) is 16.3. The number of allylic oxidation sites excluding steroid dienone is 12. The molecule has 0 N–H and O–H groups in total. The van der Waals surface area contributed by atoms with Crippen LogP contribution in [0.25, 0.3) is 0 Å². The number of hydrogen-bond donors (Lipinski definition) is 0. The zero-order valence-corrected chi connectivity index (χ0v) is 39.2. The van der Waals surface area contributed by atoms with E-state index >= 15 is 0 Å². The van der Waals surface area contributed by atoms with E-state index in [4.69, 9.17) is 14.2 Å². The number of esters is 3. The van der Waals surface area contributed by atoms with Gasteiger partial charge >= 0.3 is 17.9 Å². The molecule has 0 aromatic heterocycles. The van der Waals surface area contributed by atoms with Crippen molar-refractivity contribution in [2.75, 3.05) is 13.2 Å². The molecule has 0 heterocycles. The van der Waals surface area contributed by atoms with E-state index in [0.717, 1.165) is 103 Å². The monoisotopic (exact) mass is 837 g/mol. The summed E-state index contributed by atoms with van der Waals surface area (Å²) >= 11 is 0. The van der Waals surface area contributed by atoms with Crippen LogP contribution in [0.2, 0.25) is 0 Å². The van der Waals surface area contributed by atoms with Gasteiger partial charge in [-0.25, -0.2) is 0 Å². The summed E-state index contributed by atoms with van der Waals surface area (Å²) < 4.78 is 16.7. The lowest BCUT2D eigenvalue weighted by molar-refractivity contribution is -0.167. The fourth-order valence-electron chi connectivity index (χ4n) is 6.70. The van der Waals surface area contributed by atoms with E-state index in [9.17, 15) is 14.4 Å². The molecule has 0 aliphatic rings. The van der Waals surface area contributed by atoms with Crippen LogP contribution in [0.1, 0.15) is 233 Å². The van der Waals surface area contributed by atoms with Crippen molar-refractivity contribution in [1.82, 2.24) is 0 Å². The Morgan fingerprint density at radius 3 is 1.07 bits per heavy atom. The maximum Gasteiger partial charge on any atom is 0.306 e. The van der Waals surface area contributed by atoms with E-state index in [2.05, 4.69) is 93.7 Å². The van der Waals surface area contributed by atoms with E-state index < -0.39 is 6.10 Å². The first-order valence-corrected chi connectivity index (χ1v) is 24.9. The van der Waals surface area contributed by atoms with Crippen molar-refractivity contribution in [1.29, 1.82) is 0 Å². The van der Waals surface area contributed by atoms with Gasteiger partial charge in [-0.1, -0.05) is 196 Å². The van der Waals surface area contributed by atoms with Crippen molar-refractivity contribution in [2.24, 2.45) is 0 Å². The Balaban J connectivity index is 4.39. The minimum Gasteiger partial charge on any atom is -0.462 e. The number of unbranched alkanes of at least 4 members (excludes halogenated alkanes) is 21. The van der Waals surface area contributed by atoms with Gasteiger partial charge in [0.15, 0.2) is 6.10 Å². The van der Waals surface area contributed by atoms with Gasteiger partial charge in [0.05, 0.1) is 0 Å². The maximum atomic E-state index is 12.7. The predicted molar refractivity (Wildman–Crippen MR) is 256 cm³/mol. The van der Waals surface area contributed by atoms with Crippen LogP contribution >= 0.6 is 0 Å². The Kier molecular flexibility index (Phi) is 46.0. The van der Waals surface area contributed by atoms with Crippen molar-refractivity contribution in [3.05, 3.63) is 72.9 Å². The van der Waals surface area contributed by atoms with Crippen LogP contribution in [0.5, 0.6) is 0 Å². The summed E-state index contributed by atoms with van der Waals surface area (Å²) in [6.45, 7) is 6.44. The highest BCUT2D eigenvalue weighted by molar-refractivity contribution is 5.71. The van der Waals surface area contributed by atoms with Gasteiger partial charge in [-0.15, -0.1) is 0 Å². The lowest BCUT2D eigenvalue weighted by Gasteiger charge is -2.18. The van der Waals surface area contributed by atoms with E-state index in [1.807, 2.05) is 0 Å². The molecular formula is C54H92O6. The third-order valence-electron chi connectivity index (χ3n) is 10.4. The molecule has 0 saturated heterocycles. The second kappa shape index (κ2) is 48.5. The highest BCUT2D eigenvalue weighted by Gasteiger charge is 2.19. The summed E-state index contributed by atoms with van der Waals surface area (Å²) in [6, 6.07) is 0. The fourth-order valence-corrected chi connectivity index (χ4v) is 6.70. The number of hydrogen-bond acceptors (Lipinski definition) is 6. The molecule has 1 unspecified atom stereocenters. The Morgan fingerprint density at radius 2 is 0.650 bits per heavy atom. The Morgan fingerprint density at radius 1 is 0.350 bits per heavy atom. The molecule has 0 rings (SSSR count). The molecule has 0 spiro atoms. The largest absolute Gasteiger partial charge is 0.462 e. The highest BCUT2D eigenvalue weighted by Crippen LogP contribution is 2.14. The molecule has 0 saturated carbocycles. The van der Waals surface area contributed by atoms with Crippen LogP contribution in [0.15, 0.2) is 72.9 Å². The molecule has 0 fully saturated rings. The van der Waals surface area contributed by atoms with Crippen LogP contribution in [-0.4, -0.2) is 37.2 Å². The van der Waals surface area contributed by atoms with Gasteiger partial charge in [0.25, 0.3) is 0 Å². The summed E-state index contributed by atoms with van der Waals surface area (Å²) in [6.07, 6.45) is 60.3. The molecule has 0 bridgehead atoms. The number of rotatable bonds is 44. The average molecular weight is 837 g/mol. The minimum absolute atomic E-state index is 0.0908. The maximum absolute atomic E-state index is 12.7. The van der Waals surface area contributed by atoms with Gasteiger partial charge in [-0.2, -0.15) is 0 Å². The van der Waals surface area contributed by atoms with Crippen LogP contribution in [-0.2, 0) is 28.6 Å². The van der Waals surface area contributed by atoms with Gasteiger partial charge in [0.1, 0.15) is 13.2 Å². The molecule has 0 aliphatic carbocycles. The molecule has 0 aliphatic heterocycles. The first-order chi connectivity index (χ1) is 29.5. The molecule has 0 aromatic rings. The molecule has 1 atom stereocenters. The van der Waals surface area contributed by atoms with E-state index in [-0.39, 0.29) is 31.1 Å². The second-order valence-corrected chi connectivity index (χ2v) is 16.3. The van der Waals surface area contributed by atoms with Crippen molar-refractivity contribution in [3.8, 4) is 0 Å². The lowest BCUT2D eigenvalue weighted by atomic mass is 10.1. The molecule has 0 aromatic carbocycles. The molecule has 0 radical (unpaired) electrons.